The van der Waals surface area contributed by atoms with Crippen molar-refractivity contribution in [3.05, 3.63) is 40.4 Å². The number of nitrogens with zero attached hydrogens (tertiary/aromatic N) is 5. The first-order chi connectivity index (χ1) is 11.2. The molecule has 0 aromatic carbocycles. The summed E-state index contributed by atoms with van der Waals surface area (Å²) in [5, 5.41) is 12.4. The Hall–Kier alpha value is -2.75. The minimum Gasteiger partial charge on any atom is -0.478 e. The zero-order chi connectivity index (χ0) is 17.6. The maximum atomic E-state index is 13.0. The fourth-order valence-corrected chi connectivity index (χ4v) is 2.52. The third-order valence-electron chi connectivity index (χ3n) is 3.16. The zero-order valence-corrected chi connectivity index (χ0v) is 12.6. The van der Waals surface area contributed by atoms with Gasteiger partial charge in [0.05, 0.1) is 21.8 Å². The molecule has 0 atom stereocenters. The molecule has 7 nitrogen and oxygen atoms in total. The van der Waals surface area contributed by atoms with E-state index in [-0.39, 0.29) is 17.2 Å². The van der Waals surface area contributed by atoms with Crippen LogP contribution >= 0.6 is 11.6 Å². The summed E-state index contributed by atoms with van der Waals surface area (Å²) in [6, 6.07) is 1.47. The van der Waals surface area contributed by atoms with Crippen molar-refractivity contribution in [1.29, 1.82) is 0 Å². The van der Waals surface area contributed by atoms with Crippen molar-refractivity contribution in [3.63, 3.8) is 0 Å². The molecule has 0 aliphatic carbocycles. The van der Waals surface area contributed by atoms with Gasteiger partial charge in [0.2, 0.25) is 0 Å². The highest BCUT2D eigenvalue weighted by Crippen LogP contribution is 2.38. The number of aromatic nitrogens is 5. The SMILES string of the molecule is Cc1cc(-c2ncc(C(F)(F)F)c(C(=O)O)c2Cl)n2ncnc2n1. The second-order valence-corrected chi connectivity index (χ2v) is 5.14. The lowest BCUT2D eigenvalue weighted by atomic mass is 10.1. The van der Waals surface area contributed by atoms with E-state index in [1.807, 2.05) is 0 Å². The van der Waals surface area contributed by atoms with Crippen LogP contribution in [-0.4, -0.2) is 35.6 Å². The summed E-state index contributed by atoms with van der Waals surface area (Å²) in [5.74, 6) is -1.63. The van der Waals surface area contributed by atoms with Crippen LogP contribution in [0.1, 0.15) is 21.6 Å². The van der Waals surface area contributed by atoms with E-state index in [2.05, 4.69) is 20.1 Å². The van der Waals surface area contributed by atoms with Gasteiger partial charge in [-0.05, 0) is 13.0 Å². The van der Waals surface area contributed by atoms with Gasteiger partial charge in [0.25, 0.3) is 5.78 Å². The van der Waals surface area contributed by atoms with Crippen molar-refractivity contribution in [3.8, 4) is 11.4 Å². The molecule has 0 saturated heterocycles. The molecule has 124 valence electrons. The Bertz CT molecular complexity index is 970. The summed E-state index contributed by atoms with van der Waals surface area (Å²) in [6.45, 7) is 1.63. The predicted octanol–water partition coefficient (Wildman–Crippen LogP) is 2.87. The lowest BCUT2D eigenvalue weighted by molar-refractivity contribution is -0.138. The van der Waals surface area contributed by atoms with Crippen LogP contribution in [0.15, 0.2) is 18.6 Å². The number of hydrogen-bond donors (Lipinski definition) is 1. The van der Waals surface area contributed by atoms with Crippen LogP contribution in [0.2, 0.25) is 5.02 Å². The second kappa shape index (κ2) is 5.41. The maximum Gasteiger partial charge on any atom is 0.418 e. The molecule has 0 spiro atoms. The molecule has 11 heteroatoms. The molecule has 3 heterocycles. The van der Waals surface area contributed by atoms with E-state index in [0.29, 0.717) is 11.9 Å². The number of hydrogen-bond acceptors (Lipinski definition) is 5. The van der Waals surface area contributed by atoms with Gasteiger partial charge in [-0.25, -0.2) is 9.78 Å². The van der Waals surface area contributed by atoms with Gasteiger partial charge in [-0.2, -0.15) is 27.8 Å². The largest absolute Gasteiger partial charge is 0.478 e. The maximum absolute atomic E-state index is 13.0. The lowest BCUT2D eigenvalue weighted by Crippen LogP contribution is -2.15. The molecular formula is C13H7ClF3N5O2. The van der Waals surface area contributed by atoms with Gasteiger partial charge < -0.3 is 5.11 Å². The molecule has 0 radical (unpaired) electrons. The highest BCUT2D eigenvalue weighted by Gasteiger charge is 2.38. The molecule has 1 N–H and O–H groups in total. The number of carboxylic acids is 1. The minimum absolute atomic E-state index is 0.164. The zero-order valence-electron chi connectivity index (χ0n) is 11.8. The van der Waals surface area contributed by atoms with E-state index in [1.54, 1.807) is 6.92 Å². The number of carbonyl (C=O) groups is 1. The number of fused-ring (bicyclic) bond motifs is 1. The Labute approximate surface area is 136 Å². The highest BCUT2D eigenvalue weighted by atomic mass is 35.5. The van der Waals surface area contributed by atoms with E-state index in [1.165, 1.54) is 16.9 Å². The molecule has 0 saturated carbocycles. The van der Waals surface area contributed by atoms with Crippen molar-refractivity contribution in [2.45, 2.75) is 13.1 Å². The van der Waals surface area contributed by atoms with Crippen LogP contribution in [0.4, 0.5) is 13.2 Å². The van der Waals surface area contributed by atoms with Gasteiger partial charge in [0, 0.05) is 11.9 Å². The topological polar surface area (TPSA) is 93.3 Å². The molecule has 3 aromatic heterocycles. The number of carboxylic acid groups (broad SMARTS) is 1. The number of aromatic carboxylic acids is 1. The number of pyridine rings is 1. The van der Waals surface area contributed by atoms with Gasteiger partial charge in [-0.15, -0.1) is 0 Å². The average Bonchev–Trinajstić information content (AvgIpc) is 2.92. The molecule has 0 aliphatic rings. The molecule has 0 unspecified atom stereocenters. The van der Waals surface area contributed by atoms with Crippen molar-refractivity contribution in [2.75, 3.05) is 0 Å². The summed E-state index contributed by atoms with van der Waals surface area (Å²) in [4.78, 5) is 23.0. The van der Waals surface area contributed by atoms with Gasteiger partial charge >= 0.3 is 12.1 Å². The smallest absolute Gasteiger partial charge is 0.418 e. The van der Waals surface area contributed by atoms with Crippen LogP contribution in [0.25, 0.3) is 17.2 Å². The van der Waals surface area contributed by atoms with Crippen LogP contribution < -0.4 is 0 Å². The van der Waals surface area contributed by atoms with E-state index >= 15 is 0 Å². The van der Waals surface area contributed by atoms with Crippen LogP contribution in [0.3, 0.4) is 0 Å². The van der Waals surface area contributed by atoms with Crippen molar-refractivity contribution in [1.82, 2.24) is 24.6 Å². The Morgan fingerprint density at radius 3 is 2.67 bits per heavy atom. The normalized spacial score (nSPS) is 11.9. The Kier molecular flexibility index (Phi) is 3.63. The highest BCUT2D eigenvalue weighted by molar-refractivity contribution is 6.36. The molecular weight excluding hydrogens is 351 g/mol. The standard InChI is InChI=1S/C13H7ClF3N5O2/c1-5-2-7(22-12(21-5)19-4-20-22)10-9(14)8(11(23)24)6(3-18-10)13(15,16)17/h2-4H,1H3,(H,23,24). The Morgan fingerprint density at radius 1 is 1.33 bits per heavy atom. The minimum atomic E-state index is -4.90. The second-order valence-electron chi connectivity index (χ2n) is 4.77. The van der Waals surface area contributed by atoms with E-state index in [4.69, 9.17) is 16.7 Å². The molecule has 0 bridgehead atoms. The van der Waals surface area contributed by atoms with Crippen LogP contribution in [0, 0.1) is 6.92 Å². The molecule has 0 aliphatic heterocycles. The summed E-state index contributed by atoms with van der Waals surface area (Å²) in [7, 11) is 0. The Morgan fingerprint density at radius 2 is 2.04 bits per heavy atom. The molecule has 0 amide bonds. The first-order valence-corrected chi connectivity index (χ1v) is 6.74. The first-order valence-electron chi connectivity index (χ1n) is 6.37. The van der Waals surface area contributed by atoms with Crippen LogP contribution in [-0.2, 0) is 6.18 Å². The van der Waals surface area contributed by atoms with E-state index in [9.17, 15) is 18.0 Å². The average molecular weight is 358 g/mol. The van der Waals surface area contributed by atoms with E-state index in [0.717, 1.165) is 0 Å². The fourth-order valence-electron chi connectivity index (χ4n) is 2.19. The summed E-state index contributed by atoms with van der Waals surface area (Å²) in [6.07, 6.45) is -3.27. The summed E-state index contributed by atoms with van der Waals surface area (Å²) >= 11 is 5.94. The van der Waals surface area contributed by atoms with Gasteiger partial charge in [0.15, 0.2) is 0 Å². The Balaban J connectivity index is 2.35. The number of rotatable bonds is 2. The monoisotopic (exact) mass is 357 g/mol. The van der Waals surface area contributed by atoms with Crippen molar-refractivity contribution < 1.29 is 23.1 Å². The van der Waals surface area contributed by atoms with E-state index < -0.39 is 28.3 Å². The third kappa shape index (κ3) is 2.54. The molecule has 0 fully saturated rings. The summed E-state index contributed by atoms with van der Waals surface area (Å²) < 4.78 is 40.2. The number of aryl methyl sites for hydroxylation is 1. The van der Waals surface area contributed by atoms with Crippen LogP contribution in [0.5, 0.6) is 0 Å². The van der Waals surface area contributed by atoms with Gasteiger partial charge in [-0.1, -0.05) is 11.6 Å². The number of alkyl halides is 3. The quantitative estimate of drug-likeness (QED) is 0.758. The molecule has 24 heavy (non-hydrogen) atoms. The van der Waals surface area contributed by atoms with Gasteiger partial charge in [-0.3, -0.25) is 4.98 Å². The lowest BCUT2D eigenvalue weighted by Gasteiger charge is -2.14. The predicted molar refractivity (Wildman–Crippen MR) is 75.7 cm³/mol. The number of halogens is 4. The first kappa shape index (κ1) is 16.1. The summed E-state index contributed by atoms with van der Waals surface area (Å²) in [5.41, 5.74) is -2.00. The van der Waals surface area contributed by atoms with Gasteiger partial charge in [0.1, 0.15) is 12.0 Å². The van der Waals surface area contributed by atoms with Crippen molar-refractivity contribution >= 4 is 23.3 Å². The van der Waals surface area contributed by atoms with Crippen molar-refractivity contribution in [2.24, 2.45) is 0 Å². The fraction of sp³-hybridized carbons (Fsp3) is 0.154. The molecule has 3 rings (SSSR count). The third-order valence-corrected chi connectivity index (χ3v) is 3.53. The molecule has 3 aromatic rings.